The van der Waals surface area contributed by atoms with Crippen LogP contribution in [0.3, 0.4) is 0 Å². The summed E-state index contributed by atoms with van der Waals surface area (Å²) in [6, 6.07) is 21.1. The van der Waals surface area contributed by atoms with Crippen LogP contribution in [0.2, 0.25) is 0 Å². The van der Waals surface area contributed by atoms with Gasteiger partial charge < -0.3 is 0 Å². The Morgan fingerprint density at radius 2 is 1.52 bits per heavy atom. The van der Waals surface area contributed by atoms with Crippen LogP contribution in [0.5, 0.6) is 0 Å². The van der Waals surface area contributed by atoms with Gasteiger partial charge in [0.15, 0.2) is 5.92 Å². The van der Waals surface area contributed by atoms with Gasteiger partial charge in [0.05, 0.1) is 11.8 Å². The Morgan fingerprint density at radius 3 is 2.10 bits per heavy atom. The lowest BCUT2D eigenvalue weighted by atomic mass is 9.88. The molecule has 1 unspecified atom stereocenters. The summed E-state index contributed by atoms with van der Waals surface area (Å²) in [6.45, 7) is 0. The van der Waals surface area contributed by atoms with Crippen molar-refractivity contribution in [3.05, 3.63) is 71.8 Å². The predicted molar refractivity (Wildman–Crippen MR) is 79.1 cm³/mol. The number of nitrogens with zero attached hydrogens (tertiary/aromatic N) is 2. The quantitative estimate of drug-likeness (QED) is 0.914. The van der Waals surface area contributed by atoms with E-state index in [0.29, 0.717) is 11.3 Å². The van der Waals surface area contributed by atoms with Crippen LogP contribution in [0.15, 0.2) is 60.7 Å². The van der Waals surface area contributed by atoms with Gasteiger partial charge >= 0.3 is 0 Å². The molecule has 0 aliphatic carbocycles. The number of amides is 1. The molecule has 0 saturated carbocycles. The average Bonchev–Trinajstić information content (AvgIpc) is 2.56. The third-order valence-corrected chi connectivity index (χ3v) is 3.36. The van der Waals surface area contributed by atoms with E-state index in [0.717, 1.165) is 11.1 Å². The number of hydrogen-bond donors (Lipinski definition) is 1. The Kier molecular flexibility index (Phi) is 3.40. The third-order valence-electron chi connectivity index (χ3n) is 3.36. The van der Waals surface area contributed by atoms with Crippen LogP contribution in [-0.4, -0.2) is 5.91 Å². The van der Waals surface area contributed by atoms with Crippen LogP contribution in [-0.2, 0) is 4.79 Å². The molecule has 0 bridgehead atoms. The van der Waals surface area contributed by atoms with E-state index < -0.39 is 11.8 Å². The van der Waals surface area contributed by atoms with E-state index in [4.69, 9.17) is 0 Å². The summed E-state index contributed by atoms with van der Waals surface area (Å²) in [5.41, 5.74) is 9.66. The van der Waals surface area contributed by atoms with Gasteiger partial charge in [0.1, 0.15) is 0 Å². The largest absolute Gasteiger partial charge is 0.284 e. The van der Waals surface area contributed by atoms with Crippen molar-refractivity contribution in [3.63, 3.8) is 0 Å². The van der Waals surface area contributed by atoms with E-state index >= 15 is 0 Å². The maximum Gasteiger partial charge on any atom is 0.284 e. The van der Waals surface area contributed by atoms with Crippen molar-refractivity contribution in [1.29, 1.82) is 5.26 Å². The van der Waals surface area contributed by atoms with Gasteiger partial charge in [0.2, 0.25) is 0 Å². The number of rotatable bonds is 2. The topological polar surface area (TPSA) is 67.0 Å². The van der Waals surface area contributed by atoms with Crippen molar-refractivity contribution in [3.8, 4) is 6.07 Å². The molecular weight excluding hydrogens is 262 g/mol. The van der Waals surface area contributed by atoms with Crippen molar-refractivity contribution in [2.24, 2.45) is 5.92 Å². The maximum atomic E-state index is 11.9. The van der Waals surface area contributed by atoms with E-state index in [1.807, 2.05) is 60.7 Å². The molecule has 1 aliphatic rings. The van der Waals surface area contributed by atoms with Crippen molar-refractivity contribution >= 4 is 17.2 Å². The molecule has 1 amide bonds. The summed E-state index contributed by atoms with van der Waals surface area (Å²) in [5.74, 6) is -1.35. The van der Waals surface area contributed by atoms with Crippen molar-refractivity contribution in [2.75, 3.05) is 0 Å². The zero-order valence-electron chi connectivity index (χ0n) is 11.2. The highest BCUT2D eigenvalue weighted by Crippen LogP contribution is 2.33. The molecule has 1 heterocycles. The van der Waals surface area contributed by atoms with Crippen molar-refractivity contribution in [1.82, 2.24) is 10.9 Å². The van der Waals surface area contributed by atoms with Gasteiger partial charge in [-0.05, 0) is 11.1 Å². The number of nitrogens with one attached hydrogen (secondary N) is 1. The monoisotopic (exact) mass is 274 g/mol. The minimum absolute atomic E-state index is 0.462. The highest BCUT2D eigenvalue weighted by molar-refractivity contribution is 6.05. The van der Waals surface area contributed by atoms with Gasteiger partial charge in [0.25, 0.3) is 5.91 Å². The summed E-state index contributed by atoms with van der Waals surface area (Å²) in [5, 5.41) is 9.37. The molecule has 101 valence electrons. The Bertz CT molecular complexity index is 730. The smallest absolute Gasteiger partial charge is 0.274 e. The van der Waals surface area contributed by atoms with E-state index in [2.05, 4.69) is 16.9 Å². The van der Waals surface area contributed by atoms with Crippen LogP contribution in [0.4, 0.5) is 0 Å². The Hall–Kier alpha value is -3.06. The third kappa shape index (κ3) is 2.37. The van der Waals surface area contributed by atoms with Crippen LogP contribution < -0.4 is 10.9 Å². The summed E-state index contributed by atoms with van der Waals surface area (Å²) in [6.07, 6.45) is 0. The number of hydrogen-bond acceptors (Lipinski definition) is 3. The van der Waals surface area contributed by atoms with Gasteiger partial charge in [0, 0.05) is 5.57 Å². The highest BCUT2D eigenvalue weighted by Gasteiger charge is 2.32. The van der Waals surface area contributed by atoms with Gasteiger partial charge in [-0.15, -0.1) is 5.43 Å². The first-order valence-electron chi connectivity index (χ1n) is 6.56. The summed E-state index contributed by atoms with van der Waals surface area (Å²) in [4.78, 5) is 11.9. The summed E-state index contributed by atoms with van der Waals surface area (Å²) < 4.78 is 0. The van der Waals surface area contributed by atoms with Gasteiger partial charge in [-0.25, -0.2) is 0 Å². The number of carbonyl (C=O) groups is 1. The Morgan fingerprint density at radius 1 is 0.952 bits per heavy atom. The second kappa shape index (κ2) is 5.51. The van der Waals surface area contributed by atoms with Gasteiger partial charge in [-0.1, -0.05) is 60.7 Å². The number of carbonyl (C=O) groups excluding carboxylic acids is 1. The first kappa shape index (κ1) is 12.9. The molecule has 2 aromatic carbocycles. The second-order valence-electron chi connectivity index (χ2n) is 4.64. The molecule has 0 fully saturated rings. The molecule has 4 nitrogen and oxygen atoms in total. The molecule has 1 radical (unpaired) electrons. The van der Waals surface area contributed by atoms with Crippen LogP contribution in [0.1, 0.15) is 11.1 Å². The van der Waals surface area contributed by atoms with Crippen LogP contribution in [0, 0.1) is 17.2 Å². The molecule has 1 N–H and O–H groups in total. The zero-order valence-corrected chi connectivity index (χ0v) is 11.2. The van der Waals surface area contributed by atoms with Crippen LogP contribution in [0.25, 0.3) is 11.3 Å². The van der Waals surface area contributed by atoms with Gasteiger partial charge in [-0.2, -0.15) is 5.26 Å². The molecule has 1 atom stereocenters. The normalized spacial score (nSPS) is 17.7. The lowest BCUT2D eigenvalue weighted by molar-refractivity contribution is -0.123. The standard InChI is InChI=1S/C17H12N3O/c18-11-14-15(12-7-3-1-4-8-12)16(19-20-17(14)21)13-9-5-2-6-10-13/h1-10,14,19H. The molecule has 0 aromatic heterocycles. The minimum atomic E-state index is -0.885. The van der Waals surface area contributed by atoms with E-state index in [1.54, 1.807) is 0 Å². The molecular formula is C17H12N3O. The second-order valence-corrected chi connectivity index (χ2v) is 4.64. The lowest BCUT2D eigenvalue weighted by Gasteiger charge is -2.24. The van der Waals surface area contributed by atoms with E-state index in [-0.39, 0.29) is 0 Å². The van der Waals surface area contributed by atoms with E-state index in [1.165, 1.54) is 0 Å². The van der Waals surface area contributed by atoms with Crippen molar-refractivity contribution < 1.29 is 4.79 Å². The fourth-order valence-corrected chi connectivity index (χ4v) is 2.38. The SMILES string of the molecule is N#CC1C(=O)[N]NC(c2ccccc2)=C1c1ccccc1. The molecule has 0 saturated heterocycles. The fraction of sp³-hybridized carbons (Fsp3) is 0.0588. The molecule has 2 aromatic rings. The van der Waals surface area contributed by atoms with Gasteiger partial charge in [-0.3, -0.25) is 10.2 Å². The van der Waals surface area contributed by atoms with E-state index in [9.17, 15) is 10.1 Å². The maximum absolute atomic E-state index is 11.9. The fourth-order valence-electron chi connectivity index (χ4n) is 2.38. The summed E-state index contributed by atoms with van der Waals surface area (Å²) >= 11 is 0. The van der Waals surface area contributed by atoms with Crippen LogP contribution >= 0.6 is 0 Å². The minimum Gasteiger partial charge on any atom is -0.274 e. The molecule has 1 aliphatic heterocycles. The summed E-state index contributed by atoms with van der Waals surface area (Å²) in [7, 11) is 0. The first-order valence-corrected chi connectivity index (χ1v) is 6.56. The molecule has 3 rings (SSSR count). The molecule has 0 spiro atoms. The molecule has 21 heavy (non-hydrogen) atoms. The predicted octanol–water partition coefficient (Wildman–Crippen LogP) is 2.34. The lowest BCUT2D eigenvalue weighted by Crippen LogP contribution is -2.39. The zero-order chi connectivity index (χ0) is 14.7. The molecule has 4 heteroatoms. The number of benzene rings is 2. The number of nitriles is 1. The average molecular weight is 274 g/mol. The Labute approximate surface area is 122 Å². The first-order chi connectivity index (χ1) is 10.3. The van der Waals surface area contributed by atoms with Crippen molar-refractivity contribution in [2.45, 2.75) is 0 Å². The highest BCUT2D eigenvalue weighted by atomic mass is 16.2. The Balaban J connectivity index is 2.23.